The van der Waals surface area contributed by atoms with Crippen LogP contribution in [0.1, 0.15) is 38.5 Å². The van der Waals surface area contributed by atoms with Crippen LogP contribution in [0.25, 0.3) is 0 Å². The van der Waals surface area contributed by atoms with E-state index < -0.39 is 0 Å². The van der Waals surface area contributed by atoms with Crippen molar-refractivity contribution in [2.24, 2.45) is 10.9 Å². The summed E-state index contributed by atoms with van der Waals surface area (Å²) >= 11 is 0. The van der Waals surface area contributed by atoms with E-state index in [1.807, 2.05) is 0 Å². The van der Waals surface area contributed by atoms with Crippen molar-refractivity contribution in [1.29, 1.82) is 0 Å². The third-order valence-corrected chi connectivity index (χ3v) is 5.25. The molecule has 2 fully saturated rings. The summed E-state index contributed by atoms with van der Waals surface area (Å²) in [4.78, 5) is 20.2. The minimum atomic E-state index is 0.0187. The number of aliphatic imine (C=N–C) groups is 1. The first kappa shape index (κ1) is 21.0. The first-order valence-corrected chi connectivity index (χ1v) is 10.2. The van der Waals surface area contributed by atoms with Crippen LogP contribution in [0.2, 0.25) is 0 Å². The van der Waals surface area contributed by atoms with Crippen LogP contribution in [0, 0.1) is 5.92 Å². The molecule has 1 heterocycles. The summed E-state index contributed by atoms with van der Waals surface area (Å²) < 4.78 is 5.38. The number of guanidine groups is 1. The molecule has 0 aromatic heterocycles. The molecule has 2 N–H and O–H groups in total. The Morgan fingerprint density at radius 1 is 1.15 bits per heavy atom. The van der Waals surface area contributed by atoms with E-state index in [9.17, 15) is 4.79 Å². The van der Waals surface area contributed by atoms with Gasteiger partial charge in [-0.05, 0) is 18.8 Å². The Morgan fingerprint density at radius 3 is 2.54 bits per heavy atom. The highest BCUT2D eigenvalue weighted by atomic mass is 16.5. The predicted molar refractivity (Wildman–Crippen MR) is 105 cm³/mol. The summed E-state index contributed by atoms with van der Waals surface area (Å²) in [5.74, 6) is 1.69. The van der Waals surface area contributed by atoms with Gasteiger partial charge in [0.25, 0.3) is 0 Å². The van der Waals surface area contributed by atoms with E-state index in [4.69, 9.17) is 4.74 Å². The maximum Gasteiger partial charge on any atom is 0.243 e. The Kier molecular flexibility index (Phi) is 9.77. The van der Waals surface area contributed by atoms with Gasteiger partial charge in [-0.1, -0.05) is 25.7 Å². The number of nitrogens with one attached hydrogen (secondary N) is 2. The van der Waals surface area contributed by atoms with Crippen LogP contribution in [0.15, 0.2) is 4.99 Å². The molecule has 0 aromatic carbocycles. The number of ether oxygens (including phenoxy) is 1. The van der Waals surface area contributed by atoms with Gasteiger partial charge in [-0.25, -0.2) is 4.99 Å². The Hall–Kier alpha value is -1.34. The molecule has 1 aliphatic carbocycles. The first-order valence-electron chi connectivity index (χ1n) is 10.2. The topological polar surface area (TPSA) is 69.2 Å². The number of nitrogens with zero attached hydrogens (tertiary/aromatic N) is 3. The molecule has 0 unspecified atom stereocenters. The van der Waals surface area contributed by atoms with Crippen LogP contribution >= 0.6 is 0 Å². The van der Waals surface area contributed by atoms with Gasteiger partial charge in [0, 0.05) is 46.8 Å². The molecule has 0 aromatic rings. The molecule has 0 atom stereocenters. The number of rotatable bonds is 9. The molecule has 150 valence electrons. The number of carbonyl (C=O) groups excluding carboxylic acids is 1. The molecule has 0 spiro atoms. The summed E-state index contributed by atoms with van der Waals surface area (Å²) in [5.41, 5.74) is 0. The molecular weight excluding hydrogens is 330 g/mol. The third kappa shape index (κ3) is 8.36. The van der Waals surface area contributed by atoms with Crippen molar-refractivity contribution in [3.63, 3.8) is 0 Å². The van der Waals surface area contributed by atoms with Gasteiger partial charge in [-0.15, -0.1) is 0 Å². The molecule has 2 aliphatic rings. The van der Waals surface area contributed by atoms with Crippen molar-refractivity contribution >= 4 is 11.9 Å². The molecule has 2 rings (SSSR count). The second-order valence-corrected chi connectivity index (χ2v) is 7.55. The van der Waals surface area contributed by atoms with Gasteiger partial charge in [-0.2, -0.15) is 0 Å². The molecule has 1 amide bonds. The van der Waals surface area contributed by atoms with Crippen molar-refractivity contribution in [2.45, 2.75) is 38.5 Å². The first-order chi connectivity index (χ1) is 12.6. The van der Waals surface area contributed by atoms with Crippen molar-refractivity contribution in [2.75, 3.05) is 66.6 Å². The monoisotopic (exact) mass is 367 g/mol. The zero-order valence-corrected chi connectivity index (χ0v) is 16.6. The fourth-order valence-electron chi connectivity index (χ4n) is 3.52. The van der Waals surface area contributed by atoms with Crippen molar-refractivity contribution < 1.29 is 9.53 Å². The molecule has 7 heteroatoms. The second-order valence-electron chi connectivity index (χ2n) is 7.55. The van der Waals surface area contributed by atoms with Crippen molar-refractivity contribution in [3.05, 3.63) is 0 Å². The Labute approximate surface area is 158 Å². The molecule has 1 aliphatic heterocycles. The number of hydrogen-bond acceptors (Lipinski definition) is 4. The van der Waals surface area contributed by atoms with Crippen LogP contribution in [-0.4, -0.2) is 88.2 Å². The lowest BCUT2D eigenvalue weighted by atomic mass is 10.0. The van der Waals surface area contributed by atoms with E-state index in [1.165, 1.54) is 32.1 Å². The van der Waals surface area contributed by atoms with Crippen molar-refractivity contribution in [1.82, 2.24) is 20.4 Å². The van der Waals surface area contributed by atoms with Gasteiger partial charge in [0.15, 0.2) is 5.96 Å². The van der Waals surface area contributed by atoms with Crippen molar-refractivity contribution in [3.8, 4) is 0 Å². The average molecular weight is 368 g/mol. The fraction of sp³-hybridized carbons (Fsp3) is 0.895. The fourth-order valence-corrected chi connectivity index (χ4v) is 3.52. The molecule has 0 bridgehead atoms. The lowest BCUT2D eigenvalue weighted by Crippen LogP contribution is -2.45. The Morgan fingerprint density at radius 2 is 1.85 bits per heavy atom. The highest BCUT2D eigenvalue weighted by molar-refractivity contribution is 5.84. The van der Waals surface area contributed by atoms with Gasteiger partial charge in [0.05, 0.1) is 13.2 Å². The zero-order valence-electron chi connectivity index (χ0n) is 16.6. The van der Waals surface area contributed by atoms with Crippen LogP contribution in [0.4, 0.5) is 0 Å². The second kappa shape index (κ2) is 12.1. The van der Waals surface area contributed by atoms with Gasteiger partial charge in [-0.3, -0.25) is 9.69 Å². The normalized spacial score (nSPS) is 19.5. The number of carbonyl (C=O) groups is 1. The SMILES string of the molecule is CN(C)C(=O)CN=C(NCCCC1CCCC1)NCCN1CCOCC1. The zero-order chi connectivity index (χ0) is 18.6. The van der Waals surface area contributed by atoms with Crippen LogP contribution in [0.3, 0.4) is 0 Å². The molecule has 26 heavy (non-hydrogen) atoms. The number of morpholine rings is 1. The van der Waals surface area contributed by atoms with Crippen LogP contribution in [0.5, 0.6) is 0 Å². The summed E-state index contributed by atoms with van der Waals surface area (Å²) in [5, 5.41) is 6.78. The van der Waals surface area contributed by atoms with Crippen LogP contribution < -0.4 is 10.6 Å². The van der Waals surface area contributed by atoms with Crippen LogP contribution in [-0.2, 0) is 9.53 Å². The molecule has 7 nitrogen and oxygen atoms in total. The standard InChI is InChI=1S/C19H37N5O2/c1-23(2)18(25)16-22-19(20-9-5-8-17-6-3-4-7-17)21-10-11-24-12-14-26-15-13-24/h17H,3-16H2,1-2H3,(H2,20,21,22). The quantitative estimate of drug-likeness (QED) is 0.360. The van der Waals surface area contributed by atoms with E-state index in [1.54, 1.807) is 19.0 Å². The highest BCUT2D eigenvalue weighted by Crippen LogP contribution is 2.28. The maximum atomic E-state index is 11.8. The van der Waals surface area contributed by atoms with Gasteiger partial charge in [0.2, 0.25) is 5.91 Å². The predicted octanol–water partition coefficient (Wildman–Crippen LogP) is 0.912. The van der Waals surface area contributed by atoms with E-state index >= 15 is 0 Å². The van der Waals surface area contributed by atoms with E-state index in [-0.39, 0.29) is 12.5 Å². The summed E-state index contributed by atoms with van der Waals surface area (Å²) in [6.45, 7) is 6.50. The summed E-state index contributed by atoms with van der Waals surface area (Å²) in [6.07, 6.45) is 8.06. The number of hydrogen-bond donors (Lipinski definition) is 2. The number of likely N-dealkylation sites (N-methyl/N-ethyl adjacent to an activating group) is 1. The van der Waals surface area contributed by atoms with E-state index in [0.717, 1.165) is 64.2 Å². The smallest absolute Gasteiger partial charge is 0.243 e. The minimum Gasteiger partial charge on any atom is -0.379 e. The number of amides is 1. The minimum absolute atomic E-state index is 0.0187. The average Bonchev–Trinajstić information content (AvgIpc) is 3.16. The van der Waals surface area contributed by atoms with Gasteiger partial charge < -0.3 is 20.3 Å². The van der Waals surface area contributed by atoms with E-state index in [2.05, 4.69) is 20.5 Å². The highest BCUT2D eigenvalue weighted by Gasteiger charge is 2.14. The molecule has 1 saturated carbocycles. The van der Waals surface area contributed by atoms with Gasteiger partial charge in [0.1, 0.15) is 6.54 Å². The largest absolute Gasteiger partial charge is 0.379 e. The molecule has 1 saturated heterocycles. The Balaban J connectivity index is 1.70. The van der Waals surface area contributed by atoms with Gasteiger partial charge >= 0.3 is 0 Å². The van der Waals surface area contributed by atoms with E-state index in [0.29, 0.717) is 0 Å². The summed E-state index contributed by atoms with van der Waals surface area (Å²) in [6, 6.07) is 0. The summed E-state index contributed by atoms with van der Waals surface area (Å²) in [7, 11) is 3.52. The lowest BCUT2D eigenvalue weighted by Gasteiger charge is -2.26. The third-order valence-electron chi connectivity index (χ3n) is 5.25. The Bertz CT molecular complexity index is 430. The maximum absolute atomic E-state index is 11.8. The molecule has 0 radical (unpaired) electrons. The molecular formula is C19H37N5O2. The lowest BCUT2D eigenvalue weighted by molar-refractivity contribution is -0.127.